The van der Waals surface area contributed by atoms with Crippen molar-refractivity contribution >= 4 is 320 Å². The molecule has 0 amide bonds. The first-order valence-electron chi connectivity index (χ1n) is 42.6. The van der Waals surface area contributed by atoms with Gasteiger partial charge in [0, 0.05) is 214 Å². The van der Waals surface area contributed by atoms with Gasteiger partial charge in [0.1, 0.15) is 0 Å². The first-order chi connectivity index (χ1) is 61.5. The van der Waals surface area contributed by atoms with Gasteiger partial charge in [-0.3, -0.25) is 0 Å². The standard InChI is InChI=1S/5C23H15NS/c1-24-20-9-5-4-8-16(20)17-13-23-19(12-21(17)24)18-10-14-6-2-3-7-15(14)11-22(18)25-23;1-24-19-9-5-4-8-16(19)17-11-12-18-21-15-7-3-2-6-14(15)10-13-20(21)25-23(18)22(17)24;1-24-19-11-10-17-16-8-4-5-9-21(16)25-23(17)22(19)18-12-14-6-2-3-7-15(14)13-20(18)24;1-24-20-9-5-4-8-16(20)17-10-11-18-19-12-14-6-2-3-7-15(14)13-21(19)25-23(18)22(17)24;1-24-20-9-5-4-8-16(20)18-12-19-17-11-10-14-6-2-3-7-15(14)23(17)25-22(19)13-21(18)24/h5*2-13H,1H3. The molecule has 0 atom stereocenters. The number of rotatable bonds is 0. The van der Waals surface area contributed by atoms with Crippen molar-refractivity contribution in [1.29, 1.82) is 0 Å². The Hall–Kier alpha value is -14.2. The zero-order chi connectivity index (χ0) is 82.7. The Kier molecular flexibility index (Phi) is 16.2. The van der Waals surface area contributed by atoms with Gasteiger partial charge in [-0.1, -0.05) is 261 Å². The van der Waals surface area contributed by atoms with Gasteiger partial charge in [0.15, 0.2) is 0 Å². The van der Waals surface area contributed by atoms with E-state index in [1.165, 1.54) is 264 Å². The summed E-state index contributed by atoms with van der Waals surface area (Å²) in [6, 6.07) is 133. The van der Waals surface area contributed by atoms with Crippen molar-refractivity contribution < 1.29 is 0 Å². The maximum Gasteiger partial charge on any atom is 0.0670 e. The monoisotopic (exact) mass is 1690 g/mol. The molecule has 0 spiro atoms. The Bertz CT molecular complexity index is 9810. The van der Waals surface area contributed by atoms with E-state index in [4.69, 9.17) is 0 Å². The number of para-hydroxylation sites is 4. The molecule has 0 aliphatic carbocycles. The molecule has 5 nitrogen and oxygen atoms in total. The van der Waals surface area contributed by atoms with E-state index in [1.807, 2.05) is 56.7 Å². The second-order valence-electron chi connectivity index (χ2n) is 33.5. The van der Waals surface area contributed by atoms with Crippen LogP contribution in [0.2, 0.25) is 0 Å². The average molecular weight is 1690 g/mol. The number of hydrogen-bond donors (Lipinski definition) is 0. The van der Waals surface area contributed by atoms with Gasteiger partial charge in [0.25, 0.3) is 0 Å². The lowest BCUT2D eigenvalue weighted by atomic mass is 10.0. The Balaban J connectivity index is 0.0000000833. The van der Waals surface area contributed by atoms with E-state index < -0.39 is 0 Å². The molecule has 30 rings (SSSR count). The lowest BCUT2D eigenvalue weighted by Gasteiger charge is -2.01. The van der Waals surface area contributed by atoms with Crippen molar-refractivity contribution in [2.75, 3.05) is 0 Å². The summed E-state index contributed by atoms with van der Waals surface area (Å²) in [5.74, 6) is 0. The molecule has 0 radical (unpaired) electrons. The summed E-state index contributed by atoms with van der Waals surface area (Å²) in [4.78, 5) is 0. The highest BCUT2D eigenvalue weighted by atomic mass is 32.1. The predicted molar refractivity (Wildman–Crippen MR) is 554 cm³/mol. The van der Waals surface area contributed by atoms with E-state index in [1.54, 1.807) is 0 Å². The Morgan fingerprint density at radius 1 is 0.144 bits per heavy atom. The predicted octanol–water partition coefficient (Wildman–Crippen LogP) is 34.3. The summed E-state index contributed by atoms with van der Waals surface area (Å²) in [6.45, 7) is 0. The lowest BCUT2D eigenvalue weighted by molar-refractivity contribution is 1.02. The van der Waals surface area contributed by atoms with Gasteiger partial charge in [-0.05, 0) is 157 Å². The topological polar surface area (TPSA) is 24.6 Å². The van der Waals surface area contributed by atoms with E-state index in [9.17, 15) is 0 Å². The van der Waals surface area contributed by atoms with Gasteiger partial charge in [-0.2, -0.15) is 0 Å². The fourth-order valence-electron chi connectivity index (χ4n) is 20.9. The van der Waals surface area contributed by atoms with E-state index in [0.29, 0.717) is 0 Å². The molecule has 20 aromatic carbocycles. The third-order valence-electron chi connectivity index (χ3n) is 26.9. The molecule has 0 saturated carbocycles. The van der Waals surface area contributed by atoms with Crippen LogP contribution in [0.5, 0.6) is 0 Å². The second kappa shape index (κ2) is 27.9. The molecule has 590 valence electrons. The summed E-state index contributed by atoms with van der Waals surface area (Å²) >= 11 is 9.55. The molecule has 0 fully saturated rings. The van der Waals surface area contributed by atoms with Gasteiger partial charge < -0.3 is 22.8 Å². The van der Waals surface area contributed by atoms with Crippen LogP contribution in [0.25, 0.3) is 264 Å². The van der Waals surface area contributed by atoms with Gasteiger partial charge in [-0.15, -0.1) is 56.7 Å². The largest absolute Gasteiger partial charge is 0.344 e. The SMILES string of the molecule is Cn1c2cc3ccccc3cc2c2c3sc4ccccc4c3ccc21.Cn1c2ccccc2c2cc3c(cc21)sc1c2ccccc2ccc31.Cn1c2ccccc2c2cc3sc4cc5ccccc5cc4c3cc21.Cn1c2ccccc2c2ccc3c(sc4ccc5ccccc5c43)c21.Cn1c2ccccc2c2ccc3c4cc5ccccc5cc4sc3c21. The Morgan fingerprint density at radius 2 is 0.496 bits per heavy atom. The number of aromatic nitrogens is 5. The number of aryl methyl sites for hydroxylation is 5. The third kappa shape index (κ3) is 11.0. The zero-order valence-electron chi connectivity index (χ0n) is 68.9. The number of thiophene rings is 5. The van der Waals surface area contributed by atoms with Crippen LogP contribution in [-0.4, -0.2) is 22.8 Å². The Labute approximate surface area is 736 Å². The Morgan fingerprint density at radius 3 is 1.12 bits per heavy atom. The van der Waals surface area contributed by atoms with E-state index in [2.05, 4.69) is 422 Å². The van der Waals surface area contributed by atoms with E-state index in [-0.39, 0.29) is 0 Å². The highest BCUT2D eigenvalue weighted by molar-refractivity contribution is 7.28. The van der Waals surface area contributed by atoms with Crippen molar-refractivity contribution in [1.82, 2.24) is 22.8 Å². The summed E-state index contributed by atoms with van der Waals surface area (Å²) in [6.07, 6.45) is 0. The molecule has 10 aromatic heterocycles. The molecule has 125 heavy (non-hydrogen) atoms. The fraction of sp³-hybridized carbons (Fsp3) is 0.0435. The molecular weight excluding hydrogens is 1610 g/mol. The maximum atomic E-state index is 2.39. The molecular formula is C115H75N5S5. The quantitative estimate of drug-likeness (QED) is 0.145. The van der Waals surface area contributed by atoms with Crippen LogP contribution in [0.3, 0.4) is 0 Å². The third-order valence-corrected chi connectivity index (χ3v) is 32.8. The molecule has 10 heteroatoms. The number of nitrogens with zero attached hydrogens (tertiary/aromatic N) is 5. The van der Waals surface area contributed by atoms with E-state index >= 15 is 0 Å². The van der Waals surface area contributed by atoms with Crippen molar-refractivity contribution in [3.8, 4) is 0 Å². The zero-order valence-corrected chi connectivity index (χ0v) is 73.0. The highest BCUT2D eigenvalue weighted by Gasteiger charge is 2.22. The molecule has 0 N–H and O–H groups in total. The van der Waals surface area contributed by atoms with Gasteiger partial charge in [-0.25, -0.2) is 0 Å². The van der Waals surface area contributed by atoms with E-state index in [0.717, 1.165) is 0 Å². The minimum Gasteiger partial charge on any atom is -0.344 e. The molecule has 0 aliphatic heterocycles. The highest BCUT2D eigenvalue weighted by Crippen LogP contribution is 2.50. The van der Waals surface area contributed by atoms with Crippen LogP contribution >= 0.6 is 56.7 Å². The van der Waals surface area contributed by atoms with Crippen LogP contribution in [0.4, 0.5) is 0 Å². The van der Waals surface area contributed by atoms with Crippen LogP contribution in [0, 0.1) is 0 Å². The smallest absolute Gasteiger partial charge is 0.0670 e. The summed E-state index contributed by atoms with van der Waals surface area (Å²) in [5.41, 5.74) is 13.1. The first-order valence-corrected chi connectivity index (χ1v) is 46.7. The fourth-order valence-corrected chi connectivity index (χ4v) is 27.1. The molecule has 30 aromatic rings. The van der Waals surface area contributed by atoms with Gasteiger partial charge >= 0.3 is 0 Å². The van der Waals surface area contributed by atoms with Crippen LogP contribution in [-0.2, 0) is 35.2 Å². The van der Waals surface area contributed by atoms with Gasteiger partial charge in [0.05, 0.1) is 31.5 Å². The number of hydrogen-bond acceptors (Lipinski definition) is 5. The molecule has 0 unspecified atom stereocenters. The van der Waals surface area contributed by atoms with Crippen molar-refractivity contribution in [3.05, 3.63) is 364 Å². The van der Waals surface area contributed by atoms with Crippen molar-refractivity contribution in [2.24, 2.45) is 35.2 Å². The lowest BCUT2D eigenvalue weighted by Crippen LogP contribution is -1.86. The van der Waals surface area contributed by atoms with Crippen LogP contribution in [0.1, 0.15) is 0 Å². The minimum atomic E-state index is 1.30. The maximum absolute atomic E-state index is 2.39. The summed E-state index contributed by atoms with van der Waals surface area (Å²) < 4.78 is 25.4. The number of fused-ring (bicyclic) bond motifs is 40. The molecule has 0 aliphatic rings. The van der Waals surface area contributed by atoms with Crippen LogP contribution in [0.15, 0.2) is 364 Å². The average Bonchev–Trinajstić information content (AvgIpc) is 1.60. The molecule has 10 heterocycles. The van der Waals surface area contributed by atoms with Crippen molar-refractivity contribution in [2.45, 2.75) is 0 Å². The minimum absolute atomic E-state index is 1.30. The first kappa shape index (κ1) is 72.4. The van der Waals surface area contributed by atoms with Gasteiger partial charge in [0.2, 0.25) is 0 Å². The number of benzene rings is 20. The van der Waals surface area contributed by atoms with Crippen LogP contribution < -0.4 is 0 Å². The molecule has 0 bridgehead atoms. The normalized spacial score (nSPS) is 12.2. The summed E-state index contributed by atoms with van der Waals surface area (Å²) in [5, 5.41) is 40.4. The molecule has 0 saturated heterocycles. The summed E-state index contributed by atoms with van der Waals surface area (Å²) in [7, 11) is 10.9. The van der Waals surface area contributed by atoms with Crippen molar-refractivity contribution in [3.63, 3.8) is 0 Å². The second-order valence-corrected chi connectivity index (χ2v) is 38.8.